The van der Waals surface area contributed by atoms with E-state index in [4.69, 9.17) is 21.1 Å². The highest BCUT2D eigenvalue weighted by Crippen LogP contribution is 2.04. The lowest BCUT2D eigenvalue weighted by molar-refractivity contribution is -0.125. The van der Waals surface area contributed by atoms with Gasteiger partial charge in [-0.05, 0) is 0 Å². The van der Waals surface area contributed by atoms with Gasteiger partial charge in [0.05, 0.1) is 25.8 Å². The molecule has 0 saturated carbocycles. The first-order valence-electron chi connectivity index (χ1n) is 4.73. The van der Waals surface area contributed by atoms with E-state index in [1.165, 1.54) is 0 Å². The van der Waals surface area contributed by atoms with Crippen LogP contribution >= 0.6 is 12.4 Å². The molecular formula is C8H19ClN2O6. The molecule has 0 radical (unpaired) electrons. The average molecular weight is 275 g/mol. The SMILES string of the molecule is Cl.NCC(=O)N[C@@H](CO)[C@@H](O)[C@H](O)[C@H](O)CO. The van der Waals surface area contributed by atoms with Gasteiger partial charge in [0, 0.05) is 0 Å². The molecule has 4 atom stereocenters. The fourth-order valence-electron chi connectivity index (χ4n) is 1.08. The van der Waals surface area contributed by atoms with Crippen LogP contribution in [-0.2, 0) is 4.79 Å². The Hall–Kier alpha value is -0.480. The highest BCUT2D eigenvalue weighted by molar-refractivity contribution is 5.85. The van der Waals surface area contributed by atoms with E-state index in [2.05, 4.69) is 5.32 Å². The molecule has 0 aromatic rings. The number of nitrogens with two attached hydrogens (primary N) is 1. The summed E-state index contributed by atoms with van der Waals surface area (Å²) in [6.07, 6.45) is -4.85. The zero-order valence-corrected chi connectivity index (χ0v) is 9.88. The average Bonchev–Trinajstić information content (AvgIpc) is 2.32. The van der Waals surface area contributed by atoms with Crippen LogP contribution in [0.1, 0.15) is 0 Å². The van der Waals surface area contributed by atoms with Crippen LogP contribution in [-0.4, -0.2) is 75.6 Å². The molecule has 8 N–H and O–H groups in total. The zero-order valence-electron chi connectivity index (χ0n) is 9.06. The van der Waals surface area contributed by atoms with Crippen molar-refractivity contribution >= 4 is 18.3 Å². The highest BCUT2D eigenvalue weighted by Gasteiger charge is 2.31. The largest absolute Gasteiger partial charge is 0.394 e. The predicted molar refractivity (Wildman–Crippen MR) is 60.4 cm³/mol. The van der Waals surface area contributed by atoms with Gasteiger partial charge in [0.15, 0.2) is 0 Å². The molecule has 104 valence electrons. The number of carbonyl (C=O) groups is 1. The molecule has 0 aliphatic heterocycles. The van der Waals surface area contributed by atoms with Gasteiger partial charge < -0.3 is 36.6 Å². The molecule has 1 amide bonds. The first kappa shape index (κ1) is 18.9. The van der Waals surface area contributed by atoms with Crippen LogP contribution < -0.4 is 11.1 Å². The number of nitrogens with one attached hydrogen (secondary N) is 1. The number of aliphatic hydroxyl groups excluding tert-OH is 5. The summed E-state index contributed by atoms with van der Waals surface area (Å²) in [7, 11) is 0. The van der Waals surface area contributed by atoms with E-state index in [1.807, 2.05) is 0 Å². The summed E-state index contributed by atoms with van der Waals surface area (Å²) in [5.74, 6) is -0.621. The molecule has 0 rings (SSSR count). The molecule has 0 aromatic heterocycles. The first-order chi connectivity index (χ1) is 7.47. The molecule has 0 heterocycles. The van der Waals surface area contributed by atoms with Gasteiger partial charge >= 0.3 is 0 Å². The lowest BCUT2D eigenvalue weighted by Gasteiger charge is -2.28. The van der Waals surface area contributed by atoms with Gasteiger partial charge in [-0.25, -0.2) is 0 Å². The molecule has 0 spiro atoms. The minimum atomic E-state index is -1.68. The second-order valence-corrected chi connectivity index (χ2v) is 3.29. The van der Waals surface area contributed by atoms with Gasteiger partial charge in [0.25, 0.3) is 0 Å². The van der Waals surface area contributed by atoms with Crippen molar-refractivity contribution in [2.24, 2.45) is 5.73 Å². The van der Waals surface area contributed by atoms with Gasteiger partial charge in [-0.3, -0.25) is 4.79 Å². The monoisotopic (exact) mass is 274 g/mol. The topological polar surface area (TPSA) is 156 Å². The molecule has 0 saturated heterocycles. The van der Waals surface area contributed by atoms with Crippen molar-refractivity contribution in [3.05, 3.63) is 0 Å². The van der Waals surface area contributed by atoms with Crippen LogP contribution in [0.15, 0.2) is 0 Å². The fraction of sp³-hybridized carbons (Fsp3) is 0.875. The highest BCUT2D eigenvalue weighted by atomic mass is 35.5. The summed E-state index contributed by atoms with van der Waals surface area (Å²) in [6.45, 7) is -1.72. The number of carbonyl (C=O) groups excluding carboxylic acids is 1. The quantitative estimate of drug-likeness (QED) is 0.249. The molecule has 0 aliphatic rings. The second kappa shape index (κ2) is 9.54. The maximum Gasteiger partial charge on any atom is 0.234 e. The minimum absolute atomic E-state index is 0. The summed E-state index contributed by atoms with van der Waals surface area (Å²) < 4.78 is 0. The lowest BCUT2D eigenvalue weighted by atomic mass is 10.0. The molecule has 0 aliphatic carbocycles. The van der Waals surface area contributed by atoms with Crippen molar-refractivity contribution in [3.8, 4) is 0 Å². The van der Waals surface area contributed by atoms with Crippen molar-refractivity contribution in [1.82, 2.24) is 5.32 Å². The van der Waals surface area contributed by atoms with Crippen molar-refractivity contribution in [2.75, 3.05) is 19.8 Å². The van der Waals surface area contributed by atoms with Crippen LogP contribution in [0.2, 0.25) is 0 Å². The summed E-state index contributed by atoms with van der Waals surface area (Å²) >= 11 is 0. The van der Waals surface area contributed by atoms with Gasteiger partial charge in [0.2, 0.25) is 5.91 Å². The Labute approximate surface area is 104 Å². The summed E-state index contributed by atoms with van der Waals surface area (Å²) in [5.41, 5.74) is 5.01. The van der Waals surface area contributed by atoms with Crippen molar-refractivity contribution in [2.45, 2.75) is 24.4 Å². The van der Waals surface area contributed by atoms with Crippen molar-refractivity contribution in [3.63, 3.8) is 0 Å². The molecule has 8 nitrogen and oxygen atoms in total. The van der Waals surface area contributed by atoms with E-state index in [0.29, 0.717) is 0 Å². The summed E-state index contributed by atoms with van der Waals surface area (Å²) in [6, 6.07) is -1.16. The molecular weight excluding hydrogens is 256 g/mol. The first-order valence-corrected chi connectivity index (χ1v) is 4.73. The molecule has 0 fully saturated rings. The van der Waals surface area contributed by atoms with Crippen LogP contribution in [0.5, 0.6) is 0 Å². The summed E-state index contributed by atoms with van der Waals surface area (Å²) in [4.78, 5) is 10.9. The zero-order chi connectivity index (χ0) is 12.7. The number of hydrogen-bond donors (Lipinski definition) is 7. The smallest absolute Gasteiger partial charge is 0.234 e. The Bertz CT molecular complexity index is 220. The number of amides is 1. The Morgan fingerprint density at radius 2 is 1.65 bits per heavy atom. The van der Waals surface area contributed by atoms with Gasteiger partial charge in [0.1, 0.15) is 18.3 Å². The van der Waals surface area contributed by atoms with Crippen LogP contribution in [0, 0.1) is 0 Å². The molecule has 17 heavy (non-hydrogen) atoms. The molecule has 0 aromatic carbocycles. The standard InChI is InChI=1S/C8H18N2O6.ClH/c9-1-6(14)10-4(2-11)7(15)8(16)5(13)3-12;/h4-5,7-8,11-13,15-16H,1-3,9H2,(H,10,14);1H/t4-,5+,7+,8+;/m0./s1. The maximum absolute atomic E-state index is 10.9. The maximum atomic E-state index is 10.9. The predicted octanol–water partition coefficient (Wildman–Crippen LogP) is -4.08. The van der Waals surface area contributed by atoms with E-state index in [1.54, 1.807) is 0 Å². The normalized spacial score (nSPS) is 17.5. The van der Waals surface area contributed by atoms with Crippen LogP contribution in [0.4, 0.5) is 0 Å². The van der Waals surface area contributed by atoms with Crippen molar-refractivity contribution < 1.29 is 30.3 Å². The lowest BCUT2D eigenvalue weighted by Crippen LogP contribution is -2.55. The van der Waals surface area contributed by atoms with E-state index in [-0.39, 0.29) is 19.0 Å². The third-order valence-corrected chi connectivity index (χ3v) is 2.07. The van der Waals surface area contributed by atoms with Gasteiger partial charge in [-0.1, -0.05) is 0 Å². The Morgan fingerprint density at radius 1 is 1.12 bits per heavy atom. The molecule has 9 heteroatoms. The molecule has 0 unspecified atom stereocenters. The minimum Gasteiger partial charge on any atom is -0.394 e. The fourth-order valence-corrected chi connectivity index (χ4v) is 1.08. The number of halogens is 1. The van der Waals surface area contributed by atoms with E-state index >= 15 is 0 Å². The van der Waals surface area contributed by atoms with Crippen LogP contribution in [0.25, 0.3) is 0 Å². The number of rotatable bonds is 7. The molecule has 0 bridgehead atoms. The third-order valence-electron chi connectivity index (χ3n) is 2.07. The number of hydrogen-bond acceptors (Lipinski definition) is 7. The van der Waals surface area contributed by atoms with E-state index < -0.39 is 43.5 Å². The second-order valence-electron chi connectivity index (χ2n) is 3.29. The van der Waals surface area contributed by atoms with Crippen LogP contribution in [0.3, 0.4) is 0 Å². The van der Waals surface area contributed by atoms with E-state index in [0.717, 1.165) is 0 Å². The van der Waals surface area contributed by atoms with Gasteiger partial charge in [-0.15, -0.1) is 12.4 Å². The third kappa shape index (κ3) is 6.13. The Morgan fingerprint density at radius 3 is 2.00 bits per heavy atom. The van der Waals surface area contributed by atoms with E-state index in [9.17, 15) is 15.0 Å². The Kier molecular flexibility index (Phi) is 10.6. The summed E-state index contributed by atoms with van der Waals surface area (Å²) in [5, 5.41) is 47.4. The van der Waals surface area contributed by atoms with Crippen molar-refractivity contribution in [1.29, 1.82) is 0 Å². The van der Waals surface area contributed by atoms with Gasteiger partial charge in [-0.2, -0.15) is 0 Å². The Balaban J connectivity index is 0. The number of aliphatic hydroxyl groups is 5.